The van der Waals surface area contributed by atoms with Gasteiger partial charge in [-0.3, -0.25) is 9.59 Å². The topological polar surface area (TPSA) is 116 Å². The van der Waals surface area contributed by atoms with Crippen molar-refractivity contribution in [1.82, 2.24) is 19.9 Å². The molecule has 8 nitrogen and oxygen atoms in total. The minimum Gasteiger partial charge on any atom is -0.338 e. The van der Waals surface area contributed by atoms with E-state index in [2.05, 4.69) is 25.6 Å². The highest BCUT2D eigenvalue weighted by Crippen LogP contribution is 2.31. The van der Waals surface area contributed by atoms with Gasteiger partial charge in [0.15, 0.2) is 0 Å². The van der Waals surface area contributed by atoms with Crippen LogP contribution < -0.4 is 10.6 Å². The lowest BCUT2D eigenvalue weighted by molar-refractivity contribution is -0.138. The van der Waals surface area contributed by atoms with Crippen LogP contribution in [-0.2, 0) is 12.4 Å². The predicted molar refractivity (Wildman–Crippen MR) is 175 cm³/mol. The SMILES string of the molecule is O=C(Nc1ccc(-c2nc3cc(-c4nc5ccc(NC(=O)c6ccc(C(F)(F)F)cc6)cc5[nH]4)ccc3[nH]2)cc1)c1ccc(C(F)(F)F)cc1. The summed E-state index contributed by atoms with van der Waals surface area (Å²) >= 11 is 0. The second-order valence-corrected chi connectivity index (χ2v) is 11.3. The first kappa shape index (κ1) is 32.1. The van der Waals surface area contributed by atoms with Gasteiger partial charge in [-0.15, -0.1) is 0 Å². The first-order valence-corrected chi connectivity index (χ1v) is 14.9. The molecule has 7 aromatic rings. The van der Waals surface area contributed by atoms with Crippen LogP contribution in [0.4, 0.5) is 37.7 Å². The van der Waals surface area contributed by atoms with Crippen LogP contribution in [0.2, 0.25) is 0 Å². The minimum atomic E-state index is -4.50. The Kier molecular flexibility index (Phi) is 7.85. The molecule has 0 spiro atoms. The van der Waals surface area contributed by atoms with E-state index in [0.29, 0.717) is 39.6 Å². The molecule has 50 heavy (non-hydrogen) atoms. The molecule has 0 bridgehead atoms. The molecule has 2 aromatic heterocycles. The van der Waals surface area contributed by atoms with E-state index in [9.17, 15) is 35.9 Å². The Balaban J connectivity index is 1.04. The van der Waals surface area contributed by atoms with E-state index < -0.39 is 35.3 Å². The molecule has 0 aliphatic rings. The second-order valence-electron chi connectivity index (χ2n) is 11.3. The van der Waals surface area contributed by atoms with Crippen LogP contribution in [0.3, 0.4) is 0 Å². The number of hydrogen-bond acceptors (Lipinski definition) is 4. The van der Waals surface area contributed by atoms with E-state index in [4.69, 9.17) is 4.98 Å². The number of hydrogen-bond donors (Lipinski definition) is 4. The van der Waals surface area contributed by atoms with Gasteiger partial charge in [-0.1, -0.05) is 0 Å². The zero-order valence-electron chi connectivity index (χ0n) is 25.4. The van der Waals surface area contributed by atoms with Gasteiger partial charge in [0.05, 0.1) is 33.2 Å². The number of aromatic amines is 2. The summed E-state index contributed by atoms with van der Waals surface area (Å²) in [4.78, 5) is 41.0. The van der Waals surface area contributed by atoms with Crippen LogP contribution in [0.25, 0.3) is 44.8 Å². The van der Waals surface area contributed by atoms with Gasteiger partial charge in [0.2, 0.25) is 0 Å². The maximum absolute atomic E-state index is 12.9. The summed E-state index contributed by atoms with van der Waals surface area (Å²) in [7, 11) is 0. The predicted octanol–water partition coefficient (Wildman–Crippen LogP) is 9.32. The average molecular weight is 685 g/mol. The number of amides is 2. The number of H-pyrrole nitrogens is 2. The van der Waals surface area contributed by atoms with E-state index in [1.54, 1.807) is 42.5 Å². The molecule has 2 heterocycles. The fourth-order valence-electron chi connectivity index (χ4n) is 5.25. The molecule has 7 rings (SSSR count). The third-order valence-electron chi connectivity index (χ3n) is 7.86. The number of benzene rings is 5. The number of imidazole rings is 2. The first-order chi connectivity index (χ1) is 23.8. The molecule has 14 heteroatoms. The molecule has 0 saturated carbocycles. The lowest BCUT2D eigenvalue weighted by Gasteiger charge is -2.08. The number of aromatic nitrogens is 4. The average Bonchev–Trinajstić information content (AvgIpc) is 3.72. The second kappa shape index (κ2) is 12.2. The van der Waals surface area contributed by atoms with Crippen molar-refractivity contribution in [2.45, 2.75) is 12.4 Å². The van der Waals surface area contributed by atoms with Gasteiger partial charge in [0, 0.05) is 33.6 Å². The molecule has 0 atom stereocenters. The van der Waals surface area contributed by atoms with Crippen molar-refractivity contribution in [3.63, 3.8) is 0 Å². The van der Waals surface area contributed by atoms with Crippen LogP contribution in [0, 0.1) is 0 Å². The Morgan fingerprint density at radius 3 is 1.56 bits per heavy atom. The lowest BCUT2D eigenvalue weighted by atomic mass is 10.1. The Labute approximate surface area is 278 Å². The molecule has 2 amide bonds. The Hall–Kier alpha value is -6.44. The van der Waals surface area contributed by atoms with Gasteiger partial charge in [-0.05, 0) is 109 Å². The number of alkyl halides is 6. The summed E-state index contributed by atoms with van der Waals surface area (Å²) in [6, 6.07) is 25.3. The molecule has 0 saturated heterocycles. The quantitative estimate of drug-likeness (QED) is 0.131. The number of anilines is 2. The molecule has 5 aromatic carbocycles. The summed E-state index contributed by atoms with van der Waals surface area (Å²) in [6.45, 7) is 0. The van der Waals surface area contributed by atoms with Gasteiger partial charge in [-0.25, -0.2) is 9.97 Å². The normalized spacial score (nSPS) is 12.0. The number of carbonyl (C=O) groups excluding carboxylic acids is 2. The fraction of sp³-hybridized carbons (Fsp3) is 0.0556. The van der Waals surface area contributed by atoms with Crippen LogP contribution >= 0.6 is 0 Å². The number of rotatable bonds is 6. The third kappa shape index (κ3) is 6.63. The van der Waals surface area contributed by atoms with Crippen LogP contribution in [0.5, 0.6) is 0 Å². The van der Waals surface area contributed by atoms with Gasteiger partial charge < -0.3 is 20.6 Å². The monoisotopic (exact) mass is 684 g/mol. The highest BCUT2D eigenvalue weighted by molar-refractivity contribution is 6.05. The number of nitrogens with zero attached hydrogens (tertiary/aromatic N) is 2. The van der Waals surface area contributed by atoms with Crippen LogP contribution in [0.1, 0.15) is 31.8 Å². The molecular weight excluding hydrogens is 662 g/mol. The van der Waals surface area contributed by atoms with E-state index >= 15 is 0 Å². The van der Waals surface area contributed by atoms with Crippen molar-refractivity contribution >= 4 is 45.3 Å². The molecular formula is C36H22F6N6O2. The Morgan fingerprint density at radius 2 is 0.980 bits per heavy atom. The van der Waals surface area contributed by atoms with Crippen molar-refractivity contribution in [3.8, 4) is 22.8 Å². The summed E-state index contributed by atoms with van der Waals surface area (Å²) in [5.74, 6) is 0.00390. The standard InChI is InChI=1S/C36H22F6N6O2/c37-35(38,39)23-8-1-20(2-9-23)33(49)43-25-12-5-19(6-13-25)31-45-27-15-7-22(17-29(27)47-31)32-46-28-16-14-26(18-30(28)48-32)44-34(50)21-3-10-24(11-4-21)36(40,41)42/h1-18H,(H,43,49)(H,44,50)(H,45,47)(H,46,48). The largest absolute Gasteiger partial charge is 0.416 e. The molecule has 4 N–H and O–H groups in total. The minimum absolute atomic E-state index is 0.0782. The van der Waals surface area contributed by atoms with Crippen molar-refractivity contribution in [1.29, 1.82) is 0 Å². The number of nitrogens with one attached hydrogen (secondary N) is 4. The molecule has 0 aliphatic carbocycles. The van der Waals surface area contributed by atoms with Gasteiger partial charge >= 0.3 is 12.4 Å². The smallest absolute Gasteiger partial charge is 0.338 e. The van der Waals surface area contributed by atoms with Crippen molar-refractivity contribution in [2.75, 3.05) is 10.6 Å². The summed E-state index contributed by atoms with van der Waals surface area (Å²) in [5.41, 5.74) is 3.48. The Bertz CT molecular complexity index is 2380. The molecule has 250 valence electrons. The zero-order valence-corrected chi connectivity index (χ0v) is 25.4. The van der Waals surface area contributed by atoms with Gasteiger partial charge in [0.25, 0.3) is 11.8 Å². The fourth-order valence-corrected chi connectivity index (χ4v) is 5.25. The Morgan fingerprint density at radius 1 is 0.500 bits per heavy atom. The van der Waals surface area contributed by atoms with E-state index in [1.807, 2.05) is 18.2 Å². The number of fused-ring (bicyclic) bond motifs is 2. The van der Waals surface area contributed by atoms with Crippen molar-refractivity contribution < 1.29 is 35.9 Å². The summed E-state index contributed by atoms with van der Waals surface area (Å²) in [5, 5.41) is 5.36. The van der Waals surface area contributed by atoms with Gasteiger partial charge in [-0.2, -0.15) is 26.3 Å². The highest BCUT2D eigenvalue weighted by atomic mass is 19.4. The first-order valence-electron chi connectivity index (χ1n) is 14.9. The maximum Gasteiger partial charge on any atom is 0.416 e. The van der Waals surface area contributed by atoms with E-state index in [0.717, 1.165) is 65.2 Å². The number of carbonyl (C=O) groups is 2. The van der Waals surface area contributed by atoms with Crippen LogP contribution in [0.15, 0.2) is 109 Å². The number of halogens is 6. The third-order valence-corrected chi connectivity index (χ3v) is 7.86. The summed E-state index contributed by atoms with van der Waals surface area (Å²) in [6.07, 6.45) is -8.99. The molecule has 0 fully saturated rings. The van der Waals surface area contributed by atoms with E-state index in [-0.39, 0.29) is 11.1 Å². The maximum atomic E-state index is 12.9. The summed E-state index contributed by atoms with van der Waals surface area (Å²) < 4.78 is 77.0. The molecule has 0 aliphatic heterocycles. The highest BCUT2D eigenvalue weighted by Gasteiger charge is 2.31. The van der Waals surface area contributed by atoms with E-state index in [1.165, 1.54) is 0 Å². The molecule has 0 radical (unpaired) electrons. The van der Waals surface area contributed by atoms with Crippen LogP contribution in [-0.4, -0.2) is 31.8 Å². The lowest BCUT2D eigenvalue weighted by Crippen LogP contribution is -2.12. The van der Waals surface area contributed by atoms with Gasteiger partial charge in [0.1, 0.15) is 11.6 Å². The van der Waals surface area contributed by atoms with Crippen molar-refractivity contribution in [2.24, 2.45) is 0 Å². The van der Waals surface area contributed by atoms with Crippen molar-refractivity contribution in [3.05, 3.63) is 131 Å². The zero-order chi connectivity index (χ0) is 35.2. The molecule has 0 unspecified atom stereocenters.